The number of carbonyl (C=O) groups excluding carboxylic acids is 1. The van der Waals surface area contributed by atoms with E-state index >= 15 is 0 Å². The molecule has 3 heterocycles. The number of aryl methyl sites for hydroxylation is 1. The van der Waals surface area contributed by atoms with Crippen LogP contribution >= 0.6 is 0 Å². The predicted molar refractivity (Wildman–Crippen MR) is 124 cm³/mol. The molecule has 2 fully saturated rings. The maximum atomic E-state index is 13.6. The molecular formula is C26H33N3O. The van der Waals surface area contributed by atoms with E-state index in [1.807, 2.05) is 23.1 Å². The summed E-state index contributed by atoms with van der Waals surface area (Å²) < 4.78 is 0. The van der Waals surface area contributed by atoms with Gasteiger partial charge in [0.2, 0.25) is 0 Å². The van der Waals surface area contributed by atoms with Crippen molar-refractivity contribution < 1.29 is 4.79 Å². The summed E-state index contributed by atoms with van der Waals surface area (Å²) in [6.07, 6.45) is 8.61. The van der Waals surface area contributed by atoms with E-state index in [9.17, 15) is 4.79 Å². The molecule has 4 heteroatoms. The Labute approximate surface area is 180 Å². The molecule has 3 aliphatic rings. The van der Waals surface area contributed by atoms with Gasteiger partial charge in [-0.1, -0.05) is 36.8 Å². The summed E-state index contributed by atoms with van der Waals surface area (Å²) in [5.74, 6) is 0.149. The Morgan fingerprint density at radius 2 is 1.43 bits per heavy atom. The molecule has 0 bridgehead atoms. The van der Waals surface area contributed by atoms with Gasteiger partial charge >= 0.3 is 0 Å². The SMILES string of the molecule is O=C(c1ccccc1N1CCC(N2CCCCC2)CC1)N1CCCc2ccccc21. The van der Waals surface area contributed by atoms with Crippen molar-refractivity contribution in [3.8, 4) is 0 Å². The molecule has 158 valence electrons. The molecule has 2 saturated heterocycles. The fourth-order valence-corrected chi connectivity index (χ4v) is 5.58. The van der Waals surface area contributed by atoms with E-state index in [2.05, 4.69) is 40.1 Å². The molecule has 0 saturated carbocycles. The Morgan fingerprint density at radius 1 is 0.733 bits per heavy atom. The van der Waals surface area contributed by atoms with Gasteiger partial charge in [-0.3, -0.25) is 4.79 Å². The first-order valence-electron chi connectivity index (χ1n) is 11.8. The highest BCUT2D eigenvalue weighted by atomic mass is 16.2. The van der Waals surface area contributed by atoms with Crippen molar-refractivity contribution in [2.75, 3.05) is 42.5 Å². The third-order valence-electron chi connectivity index (χ3n) is 7.20. The summed E-state index contributed by atoms with van der Waals surface area (Å²) in [5, 5.41) is 0. The van der Waals surface area contributed by atoms with Gasteiger partial charge in [0, 0.05) is 37.1 Å². The average molecular weight is 404 g/mol. The molecule has 5 rings (SSSR count). The van der Waals surface area contributed by atoms with Crippen molar-refractivity contribution in [1.82, 2.24) is 4.90 Å². The van der Waals surface area contributed by atoms with Gasteiger partial charge in [-0.2, -0.15) is 0 Å². The minimum atomic E-state index is 0.149. The summed E-state index contributed by atoms with van der Waals surface area (Å²) >= 11 is 0. The summed E-state index contributed by atoms with van der Waals surface area (Å²) in [5.41, 5.74) is 4.34. The molecule has 3 aliphatic heterocycles. The summed E-state index contributed by atoms with van der Waals surface area (Å²) in [6, 6.07) is 17.3. The van der Waals surface area contributed by atoms with Crippen LogP contribution in [0.1, 0.15) is 54.4 Å². The van der Waals surface area contributed by atoms with Crippen LogP contribution in [-0.4, -0.2) is 49.6 Å². The van der Waals surface area contributed by atoms with Crippen molar-refractivity contribution in [3.05, 3.63) is 59.7 Å². The molecule has 4 nitrogen and oxygen atoms in total. The lowest BCUT2D eigenvalue weighted by Gasteiger charge is -2.41. The molecule has 0 atom stereocenters. The van der Waals surface area contributed by atoms with Crippen LogP contribution < -0.4 is 9.80 Å². The number of rotatable bonds is 3. The van der Waals surface area contributed by atoms with Crippen LogP contribution in [-0.2, 0) is 6.42 Å². The highest BCUT2D eigenvalue weighted by molar-refractivity contribution is 6.10. The van der Waals surface area contributed by atoms with Crippen molar-refractivity contribution in [2.24, 2.45) is 0 Å². The predicted octanol–water partition coefficient (Wildman–Crippen LogP) is 4.73. The van der Waals surface area contributed by atoms with Crippen molar-refractivity contribution in [2.45, 2.75) is 51.0 Å². The van der Waals surface area contributed by atoms with E-state index in [4.69, 9.17) is 0 Å². The topological polar surface area (TPSA) is 26.8 Å². The number of carbonyl (C=O) groups is 1. The van der Waals surface area contributed by atoms with Gasteiger partial charge in [0.15, 0.2) is 0 Å². The maximum Gasteiger partial charge on any atom is 0.260 e. The zero-order valence-corrected chi connectivity index (χ0v) is 17.9. The van der Waals surface area contributed by atoms with E-state index in [0.717, 1.165) is 55.5 Å². The summed E-state index contributed by atoms with van der Waals surface area (Å²) in [7, 11) is 0. The van der Waals surface area contributed by atoms with E-state index < -0.39 is 0 Å². The fourth-order valence-electron chi connectivity index (χ4n) is 5.58. The second kappa shape index (κ2) is 8.81. The standard InChI is InChI=1S/C26H33N3O/c30-26(29-18-8-10-21-9-2-4-12-24(21)29)23-11-3-5-13-25(23)28-19-14-22(15-20-28)27-16-6-1-7-17-27/h2-5,9,11-13,22H,1,6-8,10,14-20H2. The van der Waals surface area contributed by atoms with Crippen molar-refractivity contribution >= 4 is 17.3 Å². The highest BCUT2D eigenvalue weighted by Crippen LogP contribution is 2.32. The molecule has 1 amide bonds. The van der Waals surface area contributed by atoms with Crippen LogP contribution in [0.2, 0.25) is 0 Å². The van der Waals surface area contributed by atoms with Crippen LogP contribution in [0.5, 0.6) is 0 Å². The Hall–Kier alpha value is -2.33. The first-order valence-corrected chi connectivity index (χ1v) is 11.8. The number of fused-ring (bicyclic) bond motifs is 1. The Balaban J connectivity index is 1.33. The summed E-state index contributed by atoms with van der Waals surface area (Å²) in [6.45, 7) is 5.44. The largest absolute Gasteiger partial charge is 0.371 e. The zero-order chi connectivity index (χ0) is 20.3. The van der Waals surface area contributed by atoms with E-state index in [0.29, 0.717) is 0 Å². The van der Waals surface area contributed by atoms with Crippen molar-refractivity contribution in [1.29, 1.82) is 0 Å². The second-order valence-corrected chi connectivity index (χ2v) is 9.02. The number of hydrogen-bond acceptors (Lipinski definition) is 3. The number of anilines is 2. The van der Waals surface area contributed by atoms with Crippen LogP contribution in [0.25, 0.3) is 0 Å². The Morgan fingerprint density at radius 3 is 2.23 bits per heavy atom. The third-order valence-corrected chi connectivity index (χ3v) is 7.20. The smallest absolute Gasteiger partial charge is 0.260 e. The number of piperidine rings is 2. The minimum Gasteiger partial charge on any atom is -0.371 e. The molecule has 0 unspecified atom stereocenters. The molecule has 0 aliphatic carbocycles. The van der Waals surface area contributed by atoms with Crippen LogP contribution in [0.4, 0.5) is 11.4 Å². The first kappa shape index (κ1) is 19.6. The number of hydrogen-bond donors (Lipinski definition) is 0. The monoisotopic (exact) mass is 403 g/mol. The second-order valence-electron chi connectivity index (χ2n) is 9.02. The number of benzene rings is 2. The molecule has 2 aromatic rings. The van der Waals surface area contributed by atoms with Crippen LogP contribution in [0, 0.1) is 0 Å². The minimum absolute atomic E-state index is 0.149. The lowest BCUT2D eigenvalue weighted by molar-refractivity contribution is 0.0985. The lowest BCUT2D eigenvalue weighted by atomic mass is 9.98. The first-order chi connectivity index (χ1) is 14.8. The maximum absolute atomic E-state index is 13.6. The van der Waals surface area contributed by atoms with E-state index in [1.165, 1.54) is 50.8 Å². The van der Waals surface area contributed by atoms with Gasteiger partial charge in [-0.05, 0) is 75.4 Å². The molecule has 2 aromatic carbocycles. The summed E-state index contributed by atoms with van der Waals surface area (Å²) in [4.78, 5) is 20.8. The van der Waals surface area contributed by atoms with Gasteiger partial charge in [-0.15, -0.1) is 0 Å². The number of nitrogens with zero attached hydrogens (tertiary/aromatic N) is 3. The molecule has 0 radical (unpaired) electrons. The van der Waals surface area contributed by atoms with E-state index in [-0.39, 0.29) is 5.91 Å². The van der Waals surface area contributed by atoms with Gasteiger partial charge in [-0.25, -0.2) is 0 Å². The van der Waals surface area contributed by atoms with Crippen molar-refractivity contribution in [3.63, 3.8) is 0 Å². The van der Waals surface area contributed by atoms with E-state index in [1.54, 1.807) is 0 Å². The molecule has 30 heavy (non-hydrogen) atoms. The van der Waals surface area contributed by atoms with Crippen LogP contribution in [0.3, 0.4) is 0 Å². The van der Waals surface area contributed by atoms with Gasteiger partial charge in [0.25, 0.3) is 5.91 Å². The zero-order valence-electron chi connectivity index (χ0n) is 17.9. The van der Waals surface area contributed by atoms with Gasteiger partial charge in [0.05, 0.1) is 5.56 Å². The van der Waals surface area contributed by atoms with Gasteiger partial charge < -0.3 is 14.7 Å². The van der Waals surface area contributed by atoms with Crippen LogP contribution in [0.15, 0.2) is 48.5 Å². The Kier molecular flexibility index (Phi) is 5.76. The fraction of sp³-hybridized carbons (Fsp3) is 0.500. The number of amides is 1. The molecule has 0 spiro atoms. The molecular weight excluding hydrogens is 370 g/mol. The Bertz CT molecular complexity index is 881. The quantitative estimate of drug-likeness (QED) is 0.741. The normalized spacial score (nSPS) is 20.8. The highest BCUT2D eigenvalue weighted by Gasteiger charge is 2.29. The molecule has 0 N–H and O–H groups in total. The number of likely N-dealkylation sites (tertiary alicyclic amines) is 1. The lowest BCUT2D eigenvalue weighted by Crippen LogP contribution is -2.47. The number of para-hydroxylation sites is 2. The average Bonchev–Trinajstić information content (AvgIpc) is 2.84. The molecule has 0 aromatic heterocycles. The third kappa shape index (κ3) is 3.85. The van der Waals surface area contributed by atoms with Gasteiger partial charge in [0.1, 0.15) is 0 Å².